The third kappa shape index (κ3) is 4.86. The summed E-state index contributed by atoms with van der Waals surface area (Å²) in [7, 11) is 0. The molecule has 0 saturated carbocycles. The summed E-state index contributed by atoms with van der Waals surface area (Å²) >= 11 is 5.80. The largest absolute Gasteiger partial charge is 0.388 e. The third-order valence-electron chi connectivity index (χ3n) is 3.32. The van der Waals surface area contributed by atoms with Gasteiger partial charge in [0.05, 0.1) is 18.2 Å². The summed E-state index contributed by atoms with van der Waals surface area (Å²) in [6.07, 6.45) is -0.171. The van der Waals surface area contributed by atoms with Crippen LogP contribution in [-0.4, -0.2) is 27.3 Å². The molecular formula is C16H20ClN3O2. The fourth-order valence-electron chi connectivity index (χ4n) is 2.26. The van der Waals surface area contributed by atoms with Crippen molar-refractivity contribution in [2.45, 2.75) is 38.8 Å². The number of carbonyl (C=O) groups is 1. The number of aryl methyl sites for hydroxylation is 1. The molecular weight excluding hydrogens is 302 g/mol. The Morgan fingerprint density at radius 3 is 2.68 bits per heavy atom. The highest BCUT2D eigenvalue weighted by Crippen LogP contribution is 2.19. The van der Waals surface area contributed by atoms with Crippen LogP contribution in [0.2, 0.25) is 5.02 Å². The van der Waals surface area contributed by atoms with E-state index in [2.05, 4.69) is 15.5 Å². The Morgan fingerprint density at radius 2 is 2.09 bits per heavy atom. The molecule has 2 aromatic rings. The van der Waals surface area contributed by atoms with E-state index in [4.69, 9.17) is 11.6 Å². The Kier molecular flexibility index (Phi) is 5.57. The fourth-order valence-corrected chi connectivity index (χ4v) is 2.38. The quantitative estimate of drug-likeness (QED) is 0.765. The SMILES string of the molecule is Cc1cc(CC(C)NC(=O)CC(O)c2ccc(Cl)cc2)n[nH]1. The van der Waals surface area contributed by atoms with Crippen molar-refractivity contribution in [2.75, 3.05) is 0 Å². The average molecular weight is 322 g/mol. The lowest BCUT2D eigenvalue weighted by Crippen LogP contribution is -2.35. The van der Waals surface area contributed by atoms with E-state index < -0.39 is 6.10 Å². The molecule has 2 rings (SSSR count). The third-order valence-corrected chi connectivity index (χ3v) is 3.57. The zero-order chi connectivity index (χ0) is 16.1. The molecule has 1 amide bonds. The van der Waals surface area contributed by atoms with Crippen LogP contribution in [0.1, 0.15) is 36.4 Å². The molecule has 5 nitrogen and oxygen atoms in total. The first-order valence-corrected chi connectivity index (χ1v) is 7.55. The van der Waals surface area contributed by atoms with Crippen molar-refractivity contribution >= 4 is 17.5 Å². The molecule has 1 aromatic heterocycles. The normalized spacial score (nSPS) is 13.6. The van der Waals surface area contributed by atoms with Crippen molar-refractivity contribution < 1.29 is 9.90 Å². The van der Waals surface area contributed by atoms with Crippen molar-refractivity contribution in [2.24, 2.45) is 0 Å². The van der Waals surface area contributed by atoms with Gasteiger partial charge in [-0.15, -0.1) is 0 Å². The number of benzene rings is 1. The second-order valence-electron chi connectivity index (χ2n) is 5.49. The Hall–Kier alpha value is -1.85. The lowest BCUT2D eigenvalue weighted by atomic mass is 10.1. The first-order chi connectivity index (χ1) is 10.4. The van der Waals surface area contributed by atoms with E-state index >= 15 is 0 Å². The summed E-state index contributed by atoms with van der Waals surface area (Å²) in [6, 6.07) is 8.73. The molecule has 0 bridgehead atoms. The average Bonchev–Trinajstić information content (AvgIpc) is 2.84. The smallest absolute Gasteiger partial charge is 0.223 e. The van der Waals surface area contributed by atoms with Gasteiger partial charge in [0, 0.05) is 23.2 Å². The van der Waals surface area contributed by atoms with Gasteiger partial charge in [-0.05, 0) is 37.6 Å². The van der Waals surface area contributed by atoms with Crippen molar-refractivity contribution in [3.63, 3.8) is 0 Å². The molecule has 118 valence electrons. The molecule has 0 radical (unpaired) electrons. The van der Waals surface area contributed by atoms with E-state index in [-0.39, 0.29) is 18.4 Å². The zero-order valence-electron chi connectivity index (χ0n) is 12.6. The van der Waals surface area contributed by atoms with E-state index in [0.29, 0.717) is 17.0 Å². The minimum absolute atomic E-state index is 0.0194. The number of hydrogen-bond donors (Lipinski definition) is 3. The van der Waals surface area contributed by atoms with Crippen LogP contribution in [0.15, 0.2) is 30.3 Å². The van der Waals surface area contributed by atoms with Gasteiger partial charge < -0.3 is 10.4 Å². The minimum Gasteiger partial charge on any atom is -0.388 e. The molecule has 0 aliphatic rings. The number of H-pyrrole nitrogens is 1. The highest BCUT2D eigenvalue weighted by atomic mass is 35.5. The molecule has 22 heavy (non-hydrogen) atoms. The number of carbonyl (C=O) groups excluding carboxylic acids is 1. The van der Waals surface area contributed by atoms with Crippen LogP contribution in [0.4, 0.5) is 0 Å². The zero-order valence-corrected chi connectivity index (χ0v) is 13.4. The molecule has 3 N–H and O–H groups in total. The number of aliphatic hydroxyl groups excluding tert-OH is 1. The number of halogens is 1. The van der Waals surface area contributed by atoms with Crippen LogP contribution in [0.25, 0.3) is 0 Å². The number of nitrogens with zero attached hydrogens (tertiary/aromatic N) is 1. The number of rotatable bonds is 6. The van der Waals surface area contributed by atoms with E-state index in [9.17, 15) is 9.90 Å². The maximum absolute atomic E-state index is 12.0. The van der Waals surface area contributed by atoms with E-state index in [1.165, 1.54) is 0 Å². The van der Waals surface area contributed by atoms with Gasteiger partial charge in [-0.1, -0.05) is 23.7 Å². The Labute approximate surface area is 134 Å². The lowest BCUT2D eigenvalue weighted by molar-refractivity contribution is -0.123. The Balaban J connectivity index is 1.82. The van der Waals surface area contributed by atoms with Crippen LogP contribution in [-0.2, 0) is 11.2 Å². The van der Waals surface area contributed by atoms with Gasteiger partial charge in [0.15, 0.2) is 0 Å². The standard InChI is InChI=1S/C16H20ClN3O2/c1-10(7-14-8-11(2)19-20-14)18-16(22)9-15(21)12-3-5-13(17)6-4-12/h3-6,8,10,15,21H,7,9H2,1-2H3,(H,18,22)(H,19,20). The molecule has 6 heteroatoms. The predicted molar refractivity (Wildman–Crippen MR) is 85.7 cm³/mol. The number of aliphatic hydroxyl groups is 1. The topological polar surface area (TPSA) is 78.0 Å². The van der Waals surface area contributed by atoms with E-state index in [0.717, 1.165) is 11.4 Å². The van der Waals surface area contributed by atoms with Gasteiger partial charge in [0.2, 0.25) is 5.91 Å². The maximum Gasteiger partial charge on any atom is 0.223 e. The van der Waals surface area contributed by atoms with Gasteiger partial charge in [-0.2, -0.15) is 5.10 Å². The van der Waals surface area contributed by atoms with Gasteiger partial charge in [0.1, 0.15) is 0 Å². The summed E-state index contributed by atoms with van der Waals surface area (Å²) < 4.78 is 0. The highest BCUT2D eigenvalue weighted by molar-refractivity contribution is 6.30. The second kappa shape index (κ2) is 7.42. The van der Waals surface area contributed by atoms with Crippen molar-refractivity contribution in [3.05, 3.63) is 52.3 Å². The molecule has 1 aromatic carbocycles. The molecule has 0 fully saturated rings. The summed E-state index contributed by atoms with van der Waals surface area (Å²) in [6.45, 7) is 3.85. The molecule has 0 spiro atoms. The second-order valence-corrected chi connectivity index (χ2v) is 5.92. The summed E-state index contributed by atoms with van der Waals surface area (Å²) in [5.41, 5.74) is 2.57. The molecule has 1 heterocycles. The van der Waals surface area contributed by atoms with Gasteiger partial charge >= 0.3 is 0 Å². The molecule has 0 aliphatic heterocycles. The molecule has 0 aliphatic carbocycles. The molecule has 2 unspecified atom stereocenters. The Morgan fingerprint density at radius 1 is 1.41 bits per heavy atom. The highest BCUT2D eigenvalue weighted by Gasteiger charge is 2.15. The summed E-state index contributed by atoms with van der Waals surface area (Å²) in [4.78, 5) is 12.0. The lowest BCUT2D eigenvalue weighted by Gasteiger charge is -2.15. The predicted octanol–water partition coefficient (Wildman–Crippen LogP) is 2.54. The van der Waals surface area contributed by atoms with Gasteiger partial charge in [-0.25, -0.2) is 0 Å². The number of amides is 1. The number of aromatic nitrogens is 2. The van der Waals surface area contributed by atoms with Crippen LogP contribution >= 0.6 is 11.6 Å². The van der Waals surface area contributed by atoms with Gasteiger partial charge in [0.25, 0.3) is 0 Å². The maximum atomic E-state index is 12.0. The van der Waals surface area contributed by atoms with Crippen LogP contribution < -0.4 is 5.32 Å². The van der Waals surface area contributed by atoms with Crippen molar-refractivity contribution in [3.8, 4) is 0 Å². The van der Waals surface area contributed by atoms with Gasteiger partial charge in [-0.3, -0.25) is 9.89 Å². The summed E-state index contributed by atoms with van der Waals surface area (Å²) in [5, 5.41) is 20.6. The monoisotopic (exact) mass is 321 g/mol. The van der Waals surface area contributed by atoms with Crippen molar-refractivity contribution in [1.29, 1.82) is 0 Å². The van der Waals surface area contributed by atoms with E-state index in [1.54, 1.807) is 24.3 Å². The van der Waals surface area contributed by atoms with Crippen molar-refractivity contribution in [1.82, 2.24) is 15.5 Å². The molecule has 2 atom stereocenters. The minimum atomic E-state index is -0.836. The van der Waals surface area contributed by atoms with Crippen LogP contribution in [0.5, 0.6) is 0 Å². The number of nitrogens with one attached hydrogen (secondary N) is 2. The fraction of sp³-hybridized carbons (Fsp3) is 0.375. The first kappa shape index (κ1) is 16.5. The van der Waals surface area contributed by atoms with Crippen LogP contribution in [0, 0.1) is 6.92 Å². The molecule has 0 saturated heterocycles. The van der Waals surface area contributed by atoms with E-state index in [1.807, 2.05) is 19.9 Å². The Bertz CT molecular complexity index is 625. The van der Waals surface area contributed by atoms with Crippen LogP contribution in [0.3, 0.4) is 0 Å². The number of aromatic amines is 1. The number of hydrogen-bond acceptors (Lipinski definition) is 3. The summed E-state index contributed by atoms with van der Waals surface area (Å²) in [5.74, 6) is -0.192. The first-order valence-electron chi connectivity index (χ1n) is 7.18.